The Labute approximate surface area is 91.6 Å². The fourth-order valence-corrected chi connectivity index (χ4v) is 1.74. The van der Waals surface area contributed by atoms with Crippen LogP contribution in [0.5, 0.6) is 0 Å². The normalized spacial score (nSPS) is 14.1. The third kappa shape index (κ3) is 3.19. The summed E-state index contributed by atoms with van der Waals surface area (Å²) in [5, 5.41) is 0. The van der Waals surface area contributed by atoms with Gasteiger partial charge in [0.2, 0.25) is 0 Å². The molecular formula is C13H17Cl. The van der Waals surface area contributed by atoms with Gasteiger partial charge in [0.05, 0.1) is 0 Å². The molecule has 1 heteroatoms. The maximum atomic E-state index is 5.83. The minimum Gasteiger partial charge on any atom is -0.122 e. The Kier molecular flexibility index (Phi) is 4.75. The van der Waals surface area contributed by atoms with Crippen molar-refractivity contribution >= 4 is 11.6 Å². The first-order valence-corrected chi connectivity index (χ1v) is 5.61. The number of hydrogen-bond donors (Lipinski definition) is 0. The van der Waals surface area contributed by atoms with Crippen LogP contribution in [0.1, 0.15) is 31.7 Å². The lowest BCUT2D eigenvalue weighted by Crippen LogP contribution is -1.92. The van der Waals surface area contributed by atoms with Crippen LogP contribution >= 0.6 is 11.6 Å². The van der Waals surface area contributed by atoms with Crippen LogP contribution in [0.4, 0.5) is 0 Å². The van der Waals surface area contributed by atoms with Gasteiger partial charge in [-0.3, -0.25) is 0 Å². The number of benzene rings is 1. The van der Waals surface area contributed by atoms with Crippen molar-refractivity contribution in [3.63, 3.8) is 0 Å². The van der Waals surface area contributed by atoms with Crippen LogP contribution in [0.25, 0.3) is 0 Å². The molecule has 0 aliphatic heterocycles. The molecule has 0 aliphatic rings. The zero-order valence-corrected chi connectivity index (χ0v) is 9.59. The van der Waals surface area contributed by atoms with Crippen LogP contribution in [0.15, 0.2) is 42.0 Å². The first kappa shape index (κ1) is 11.3. The van der Waals surface area contributed by atoms with Crippen LogP contribution in [0, 0.1) is 0 Å². The highest BCUT2D eigenvalue weighted by molar-refractivity contribution is 6.19. The lowest BCUT2D eigenvalue weighted by atomic mass is 9.98. The molecule has 1 aromatic rings. The van der Waals surface area contributed by atoms with Crippen molar-refractivity contribution in [2.45, 2.75) is 26.2 Å². The summed E-state index contributed by atoms with van der Waals surface area (Å²) in [6.07, 6.45) is 3.31. The van der Waals surface area contributed by atoms with E-state index in [2.05, 4.69) is 44.2 Å². The fourth-order valence-electron chi connectivity index (χ4n) is 1.46. The molecule has 0 fully saturated rings. The second-order valence-corrected chi connectivity index (χ2v) is 3.78. The molecule has 0 bridgehead atoms. The highest BCUT2D eigenvalue weighted by Crippen LogP contribution is 2.19. The summed E-state index contributed by atoms with van der Waals surface area (Å²) in [6, 6.07) is 10.5. The van der Waals surface area contributed by atoms with Crippen LogP contribution in [-0.2, 0) is 0 Å². The highest BCUT2D eigenvalue weighted by atomic mass is 35.5. The third-order valence-corrected chi connectivity index (χ3v) is 2.78. The zero-order valence-electron chi connectivity index (χ0n) is 8.83. The van der Waals surface area contributed by atoms with Crippen molar-refractivity contribution < 1.29 is 0 Å². The number of rotatable bonds is 4. The molecule has 1 rings (SSSR count). The van der Waals surface area contributed by atoms with Gasteiger partial charge in [0, 0.05) is 5.88 Å². The van der Waals surface area contributed by atoms with Gasteiger partial charge in [-0.2, -0.15) is 0 Å². The van der Waals surface area contributed by atoms with Crippen molar-refractivity contribution in [3.05, 3.63) is 47.5 Å². The molecule has 0 spiro atoms. The third-order valence-electron chi connectivity index (χ3n) is 2.44. The van der Waals surface area contributed by atoms with Crippen LogP contribution in [0.3, 0.4) is 0 Å². The van der Waals surface area contributed by atoms with Crippen LogP contribution in [-0.4, -0.2) is 5.88 Å². The molecule has 14 heavy (non-hydrogen) atoms. The van der Waals surface area contributed by atoms with Gasteiger partial charge in [0.15, 0.2) is 0 Å². The Balaban J connectivity index is 2.76. The molecule has 76 valence electrons. The Morgan fingerprint density at radius 2 is 2.00 bits per heavy atom. The Morgan fingerprint density at radius 1 is 1.36 bits per heavy atom. The molecular weight excluding hydrogens is 192 g/mol. The van der Waals surface area contributed by atoms with Gasteiger partial charge in [0.25, 0.3) is 0 Å². The molecule has 0 N–H and O–H groups in total. The second-order valence-electron chi connectivity index (χ2n) is 3.51. The van der Waals surface area contributed by atoms with Gasteiger partial charge in [-0.25, -0.2) is 0 Å². The molecule has 0 radical (unpaired) electrons. The van der Waals surface area contributed by atoms with Crippen LogP contribution < -0.4 is 0 Å². The Hall–Kier alpha value is -0.750. The smallest absolute Gasteiger partial charge is 0.0433 e. The van der Waals surface area contributed by atoms with E-state index in [9.17, 15) is 0 Å². The van der Waals surface area contributed by atoms with Crippen molar-refractivity contribution in [2.24, 2.45) is 0 Å². The first-order valence-electron chi connectivity index (χ1n) is 5.08. The topological polar surface area (TPSA) is 0 Å². The lowest BCUT2D eigenvalue weighted by Gasteiger charge is -2.08. The highest BCUT2D eigenvalue weighted by Gasteiger charge is 2.02. The van der Waals surface area contributed by atoms with E-state index in [1.165, 1.54) is 11.1 Å². The van der Waals surface area contributed by atoms with Gasteiger partial charge in [-0.05, 0) is 17.9 Å². The molecule has 0 saturated carbocycles. The van der Waals surface area contributed by atoms with Crippen LogP contribution in [0.2, 0.25) is 0 Å². The average Bonchev–Trinajstić information content (AvgIpc) is 2.26. The van der Waals surface area contributed by atoms with Crippen molar-refractivity contribution in [1.82, 2.24) is 0 Å². The van der Waals surface area contributed by atoms with Crippen molar-refractivity contribution in [2.75, 3.05) is 5.88 Å². The maximum Gasteiger partial charge on any atom is 0.0433 e. The monoisotopic (exact) mass is 208 g/mol. The first-order chi connectivity index (χ1) is 6.77. The largest absolute Gasteiger partial charge is 0.122 e. The number of allylic oxidation sites excluding steroid dienone is 2. The fraction of sp³-hybridized carbons (Fsp3) is 0.385. The predicted molar refractivity (Wildman–Crippen MR) is 64.0 cm³/mol. The van der Waals surface area contributed by atoms with E-state index in [0.717, 1.165) is 6.42 Å². The predicted octanol–water partition coefficient (Wildman–Crippen LogP) is 4.37. The van der Waals surface area contributed by atoms with E-state index in [1.807, 2.05) is 6.07 Å². The minimum absolute atomic E-state index is 0.463. The lowest BCUT2D eigenvalue weighted by molar-refractivity contribution is 0.933. The van der Waals surface area contributed by atoms with Gasteiger partial charge in [0.1, 0.15) is 0 Å². The van der Waals surface area contributed by atoms with E-state index in [1.54, 1.807) is 0 Å². The number of hydrogen-bond acceptors (Lipinski definition) is 0. The van der Waals surface area contributed by atoms with Gasteiger partial charge >= 0.3 is 0 Å². The minimum atomic E-state index is 0.463. The Morgan fingerprint density at radius 3 is 2.50 bits per heavy atom. The van der Waals surface area contributed by atoms with E-state index in [4.69, 9.17) is 11.6 Å². The molecule has 0 amide bonds. The van der Waals surface area contributed by atoms with E-state index in [0.29, 0.717) is 11.8 Å². The summed E-state index contributed by atoms with van der Waals surface area (Å²) in [5.41, 5.74) is 2.67. The Bertz CT molecular complexity index is 281. The molecule has 0 heterocycles. The summed E-state index contributed by atoms with van der Waals surface area (Å²) >= 11 is 5.83. The maximum absolute atomic E-state index is 5.83. The number of halogens is 1. The molecule has 0 aromatic heterocycles. The summed E-state index contributed by atoms with van der Waals surface area (Å²) in [6.45, 7) is 4.35. The standard InChI is InChI=1S/C13H17Cl/c1-3-12(10-14)9-11(2)13-7-5-4-6-8-13/h4-9,11H,3,10H2,1-2H3/b12-9-. The summed E-state index contributed by atoms with van der Waals surface area (Å²) < 4.78 is 0. The van der Waals surface area contributed by atoms with Crippen molar-refractivity contribution in [1.29, 1.82) is 0 Å². The van der Waals surface area contributed by atoms with Crippen molar-refractivity contribution in [3.8, 4) is 0 Å². The molecule has 0 saturated heterocycles. The summed E-state index contributed by atoms with van der Waals surface area (Å²) in [4.78, 5) is 0. The molecule has 0 aliphatic carbocycles. The quantitative estimate of drug-likeness (QED) is 0.509. The zero-order chi connectivity index (χ0) is 10.4. The summed E-state index contributed by atoms with van der Waals surface area (Å²) in [5.74, 6) is 1.11. The van der Waals surface area contributed by atoms with E-state index < -0.39 is 0 Å². The molecule has 1 unspecified atom stereocenters. The van der Waals surface area contributed by atoms with Gasteiger partial charge < -0.3 is 0 Å². The molecule has 1 atom stereocenters. The van der Waals surface area contributed by atoms with Gasteiger partial charge in [-0.1, -0.05) is 55.8 Å². The summed E-state index contributed by atoms with van der Waals surface area (Å²) in [7, 11) is 0. The van der Waals surface area contributed by atoms with Gasteiger partial charge in [-0.15, -0.1) is 11.6 Å². The molecule has 0 nitrogen and oxygen atoms in total. The molecule has 1 aromatic carbocycles. The number of alkyl halides is 1. The van der Waals surface area contributed by atoms with E-state index in [-0.39, 0.29) is 0 Å². The van der Waals surface area contributed by atoms with E-state index >= 15 is 0 Å². The SMILES string of the molecule is CC/C(=C/C(C)c1ccccc1)CCl. The average molecular weight is 209 g/mol. The second kappa shape index (κ2) is 5.87.